The van der Waals surface area contributed by atoms with E-state index in [0.717, 1.165) is 52.4 Å². The number of rotatable bonds is 4. The predicted molar refractivity (Wildman–Crippen MR) is 105 cm³/mol. The van der Waals surface area contributed by atoms with Gasteiger partial charge in [0.15, 0.2) is 23.0 Å². The third kappa shape index (κ3) is 2.84. The molecule has 0 radical (unpaired) electrons. The normalized spacial score (nSPS) is 15.1. The number of fused-ring (bicyclic) bond motifs is 2. The quantitative estimate of drug-likeness (QED) is 0.553. The lowest BCUT2D eigenvalue weighted by molar-refractivity contribution is 0.174. The lowest BCUT2D eigenvalue weighted by atomic mass is 10.1. The van der Waals surface area contributed by atoms with Crippen molar-refractivity contribution < 1.29 is 14.0 Å². The molecule has 0 spiro atoms. The summed E-state index contributed by atoms with van der Waals surface area (Å²) in [6.07, 6.45) is 3.95. The summed E-state index contributed by atoms with van der Waals surface area (Å²) in [6, 6.07) is 9.69. The van der Waals surface area contributed by atoms with Crippen molar-refractivity contribution >= 4 is 22.4 Å². The number of hydrogen-bond donors (Lipinski definition) is 1. The fourth-order valence-corrected chi connectivity index (χ4v) is 3.44. The Balaban J connectivity index is 1.49. The molecule has 8 heteroatoms. The fourth-order valence-electron chi connectivity index (χ4n) is 3.44. The first-order chi connectivity index (χ1) is 14.2. The number of nitrogens with one attached hydrogen (secondary N) is 1. The third-order valence-corrected chi connectivity index (χ3v) is 5.13. The summed E-state index contributed by atoms with van der Waals surface area (Å²) in [5.41, 5.74) is 3.96. The molecule has 144 valence electrons. The van der Waals surface area contributed by atoms with E-state index in [1.807, 2.05) is 37.3 Å². The molecular formula is C21H17N5O3. The molecular weight excluding hydrogens is 370 g/mol. The maximum atomic E-state index is 5.57. The predicted octanol–water partition coefficient (Wildman–Crippen LogP) is 4.34. The van der Waals surface area contributed by atoms with Crippen LogP contribution < -0.4 is 14.8 Å². The van der Waals surface area contributed by atoms with Crippen LogP contribution in [0.3, 0.4) is 0 Å². The van der Waals surface area contributed by atoms with E-state index in [9.17, 15) is 0 Å². The highest BCUT2D eigenvalue weighted by Gasteiger charge is 2.29. The number of hydrogen-bond acceptors (Lipinski definition) is 8. The third-order valence-electron chi connectivity index (χ3n) is 5.13. The molecule has 6 rings (SSSR count). The van der Waals surface area contributed by atoms with Gasteiger partial charge in [-0.1, -0.05) is 5.16 Å². The van der Waals surface area contributed by atoms with E-state index in [1.165, 1.54) is 0 Å². The van der Waals surface area contributed by atoms with Crippen molar-refractivity contribution in [2.45, 2.75) is 25.7 Å². The van der Waals surface area contributed by atoms with Gasteiger partial charge in [0.25, 0.3) is 5.89 Å². The highest BCUT2D eigenvalue weighted by molar-refractivity contribution is 5.98. The average molecular weight is 387 g/mol. The molecule has 1 saturated carbocycles. The van der Waals surface area contributed by atoms with E-state index in [-0.39, 0.29) is 6.79 Å². The Labute approximate surface area is 165 Å². The Bertz CT molecular complexity index is 1250. The van der Waals surface area contributed by atoms with Gasteiger partial charge in [-0.15, -0.1) is 0 Å². The van der Waals surface area contributed by atoms with Gasteiger partial charge in [0.1, 0.15) is 0 Å². The van der Waals surface area contributed by atoms with Crippen molar-refractivity contribution in [2.75, 3.05) is 12.1 Å². The van der Waals surface area contributed by atoms with Crippen molar-refractivity contribution in [3.8, 4) is 23.0 Å². The number of pyridine rings is 2. The van der Waals surface area contributed by atoms with Crippen LogP contribution >= 0.6 is 0 Å². The minimum atomic E-state index is 0.233. The van der Waals surface area contributed by atoms with E-state index >= 15 is 0 Å². The van der Waals surface area contributed by atoms with Gasteiger partial charge < -0.3 is 19.3 Å². The van der Waals surface area contributed by atoms with Gasteiger partial charge in [-0.05, 0) is 44.0 Å². The van der Waals surface area contributed by atoms with E-state index in [4.69, 9.17) is 14.0 Å². The highest BCUT2D eigenvalue weighted by atomic mass is 16.7. The first-order valence-electron chi connectivity index (χ1n) is 9.51. The van der Waals surface area contributed by atoms with Crippen LogP contribution in [0.4, 0.5) is 11.4 Å². The summed E-state index contributed by atoms with van der Waals surface area (Å²) in [5, 5.41) is 8.50. The molecule has 0 bridgehead atoms. The molecule has 2 aliphatic rings. The topological polar surface area (TPSA) is 95.2 Å². The van der Waals surface area contributed by atoms with Gasteiger partial charge in [-0.25, -0.2) is 9.97 Å². The second kappa shape index (κ2) is 6.16. The largest absolute Gasteiger partial charge is 0.454 e. The monoisotopic (exact) mass is 387 g/mol. The summed E-state index contributed by atoms with van der Waals surface area (Å²) in [4.78, 5) is 13.7. The zero-order valence-corrected chi connectivity index (χ0v) is 15.7. The number of ether oxygens (including phenoxy) is 2. The Morgan fingerprint density at radius 1 is 1.03 bits per heavy atom. The molecule has 4 aromatic rings. The SMILES string of the molecule is Cc1ccc2c(Nc3ccc4c(c3)OCO4)c(-c3nc(C4CC4)no3)cnc2n1. The van der Waals surface area contributed by atoms with Crippen molar-refractivity contribution in [1.82, 2.24) is 20.1 Å². The Hall–Kier alpha value is -3.68. The summed E-state index contributed by atoms with van der Waals surface area (Å²) in [7, 11) is 0. The minimum Gasteiger partial charge on any atom is -0.454 e. The number of aryl methyl sites for hydroxylation is 1. The number of aromatic nitrogens is 4. The zero-order chi connectivity index (χ0) is 19.4. The van der Waals surface area contributed by atoms with Crippen LogP contribution in [-0.2, 0) is 0 Å². The lowest BCUT2D eigenvalue weighted by Crippen LogP contribution is -1.98. The van der Waals surface area contributed by atoms with Crippen LogP contribution in [0, 0.1) is 6.92 Å². The van der Waals surface area contributed by atoms with Crippen molar-refractivity contribution in [3.05, 3.63) is 48.0 Å². The highest BCUT2D eigenvalue weighted by Crippen LogP contribution is 2.41. The second-order valence-electron chi connectivity index (χ2n) is 7.30. The van der Waals surface area contributed by atoms with Gasteiger partial charge in [0, 0.05) is 34.9 Å². The zero-order valence-electron chi connectivity index (χ0n) is 15.7. The number of anilines is 2. The first kappa shape index (κ1) is 16.3. The molecule has 1 N–H and O–H groups in total. The molecule has 0 unspecified atom stereocenters. The molecule has 1 fully saturated rings. The van der Waals surface area contributed by atoms with Gasteiger partial charge in [0.2, 0.25) is 6.79 Å². The standard InChI is InChI=1S/C21H17N5O3/c1-11-2-6-14-18(24-13-5-7-16-17(8-13)28-10-27-16)15(9-22-20(14)23-11)21-25-19(26-29-21)12-3-4-12/h2,5-9,12H,3-4,10H2,1H3,(H,22,23,24). The first-order valence-corrected chi connectivity index (χ1v) is 9.51. The molecule has 1 aliphatic carbocycles. The molecule has 0 amide bonds. The molecule has 29 heavy (non-hydrogen) atoms. The van der Waals surface area contributed by atoms with Crippen LogP contribution in [0.1, 0.15) is 30.3 Å². The number of benzene rings is 1. The van der Waals surface area contributed by atoms with E-state index in [1.54, 1.807) is 6.20 Å². The Morgan fingerprint density at radius 2 is 1.93 bits per heavy atom. The van der Waals surface area contributed by atoms with Gasteiger partial charge in [-0.2, -0.15) is 4.98 Å². The van der Waals surface area contributed by atoms with E-state index in [2.05, 4.69) is 25.4 Å². The lowest BCUT2D eigenvalue weighted by Gasteiger charge is -2.13. The molecule has 8 nitrogen and oxygen atoms in total. The van der Waals surface area contributed by atoms with Crippen LogP contribution in [-0.4, -0.2) is 26.9 Å². The minimum absolute atomic E-state index is 0.233. The second-order valence-corrected chi connectivity index (χ2v) is 7.30. The fraction of sp³-hybridized carbons (Fsp3) is 0.238. The maximum Gasteiger partial charge on any atom is 0.261 e. The van der Waals surface area contributed by atoms with E-state index < -0.39 is 0 Å². The molecule has 0 saturated heterocycles. The van der Waals surface area contributed by atoms with Gasteiger partial charge in [0.05, 0.1) is 11.3 Å². The van der Waals surface area contributed by atoms with Crippen LogP contribution in [0.2, 0.25) is 0 Å². The summed E-state index contributed by atoms with van der Waals surface area (Å²) >= 11 is 0. The van der Waals surface area contributed by atoms with Crippen LogP contribution in [0.15, 0.2) is 41.1 Å². The smallest absolute Gasteiger partial charge is 0.261 e. The summed E-state index contributed by atoms with van der Waals surface area (Å²) in [6.45, 7) is 2.18. The van der Waals surface area contributed by atoms with Crippen molar-refractivity contribution in [1.29, 1.82) is 0 Å². The Morgan fingerprint density at radius 3 is 2.83 bits per heavy atom. The number of nitrogens with zero attached hydrogens (tertiary/aromatic N) is 4. The Kier molecular flexibility index (Phi) is 3.46. The summed E-state index contributed by atoms with van der Waals surface area (Å²) in [5.74, 6) is 3.06. The van der Waals surface area contributed by atoms with Crippen LogP contribution in [0.25, 0.3) is 22.5 Å². The molecule has 1 aliphatic heterocycles. The molecule has 0 atom stereocenters. The van der Waals surface area contributed by atoms with Gasteiger partial charge in [-0.3, -0.25) is 0 Å². The average Bonchev–Trinajstić information content (AvgIpc) is 3.27. The van der Waals surface area contributed by atoms with Crippen LogP contribution in [0.5, 0.6) is 11.5 Å². The molecule has 4 heterocycles. The van der Waals surface area contributed by atoms with Crippen molar-refractivity contribution in [2.24, 2.45) is 0 Å². The van der Waals surface area contributed by atoms with Crippen molar-refractivity contribution in [3.63, 3.8) is 0 Å². The van der Waals surface area contributed by atoms with Gasteiger partial charge >= 0.3 is 0 Å². The molecule has 3 aromatic heterocycles. The van der Waals surface area contributed by atoms with E-state index in [0.29, 0.717) is 23.2 Å². The molecule has 1 aromatic carbocycles. The maximum absolute atomic E-state index is 5.57. The summed E-state index contributed by atoms with van der Waals surface area (Å²) < 4.78 is 16.5.